The minimum Gasteiger partial charge on any atom is -0.382 e. The number of rotatable bonds is 8. The highest BCUT2D eigenvalue weighted by Gasteiger charge is 2.08. The van der Waals surface area contributed by atoms with Gasteiger partial charge in [-0.25, -0.2) is 15.8 Å². The number of nitrogens with zero attached hydrogens (tertiary/aromatic N) is 2. The fourth-order valence-corrected chi connectivity index (χ4v) is 1.67. The molecule has 0 spiro atoms. The number of nitrogens with one attached hydrogen (secondary N) is 2. The lowest BCUT2D eigenvalue weighted by Gasteiger charge is -2.15. The van der Waals surface area contributed by atoms with Crippen LogP contribution in [0.2, 0.25) is 0 Å². The van der Waals surface area contributed by atoms with E-state index in [1.165, 1.54) is 11.8 Å². The molecule has 7 nitrogen and oxygen atoms in total. The summed E-state index contributed by atoms with van der Waals surface area (Å²) in [6.07, 6.45) is 1.87. The van der Waals surface area contributed by atoms with Crippen LogP contribution in [0.15, 0.2) is 11.2 Å². The topological polar surface area (TPSA) is 94.3 Å². The summed E-state index contributed by atoms with van der Waals surface area (Å²) in [6.45, 7) is 1.12. The second-order valence-electron chi connectivity index (χ2n) is 3.46. The standard InChI is InChI=1S/C10H19N5O2S/c1-16-6-7(17-2)5-12-8-4-9(15-11)14-10(13-8)18-3/h4,7H,5-6,11H2,1-3H3,(H2,12,13,14,15). The molecule has 1 heterocycles. The van der Waals surface area contributed by atoms with E-state index in [2.05, 4.69) is 20.7 Å². The maximum atomic E-state index is 5.35. The highest BCUT2D eigenvalue weighted by molar-refractivity contribution is 7.98. The molecule has 0 saturated carbocycles. The van der Waals surface area contributed by atoms with E-state index < -0.39 is 0 Å². The van der Waals surface area contributed by atoms with Crippen molar-refractivity contribution in [3.05, 3.63) is 6.07 Å². The van der Waals surface area contributed by atoms with Gasteiger partial charge in [-0.1, -0.05) is 11.8 Å². The summed E-state index contributed by atoms with van der Waals surface area (Å²) < 4.78 is 10.3. The molecule has 4 N–H and O–H groups in total. The van der Waals surface area contributed by atoms with Crippen molar-refractivity contribution in [1.82, 2.24) is 9.97 Å². The van der Waals surface area contributed by atoms with Gasteiger partial charge < -0.3 is 20.2 Å². The lowest BCUT2D eigenvalue weighted by Crippen LogP contribution is -2.27. The predicted molar refractivity (Wildman–Crippen MR) is 72.8 cm³/mol. The van der Waals surface area contributed by atoms with E-state index >= 15 is 0 Å². The Kier molecular flexibility index (Phi) is 6.73. The van der Waals surface area contributed by atoms with E-state index in [1.54, 1.807) is 20.3 Å². The van der Waals surface area contributed by atoms with Crippen LogP contribution in [0, 0.1) is 0 Å². The number of thioether (sulfide) groups is 1. The van der Waals surface area contributed by atoms with Crippen molar-refractivity contribution in [1.29, 1.82) is 0 Å². The molecule has 18 heavy (non-hydrogen) atoms. The van der Waals surface area contributed by atoms with Crippen LogP contribution in [-0.2, 0) is 9.47 Å². The molecule has 0 aliphatic carbocycles. The molecule has 102 valence electrons. The lowest BCUT2D eigenvalue weighted by atomic mass is 10.3. The van der Waals surface area contributed by atoms with Crippen LogP contribution in [0.3, 0.4) is 0 Å². The Morgan fingerprint density at radius 3 is 2.67 bits per heavy atom. The molecule has 1 unspecified atom stereocenters. The Morgan fingerprint density at radius 1 is 1.39 bits per heavy atom. The van der Waals surface area contributed by atoms with Gasteiger partial charge in [0.05, 0.1) is 12.7 Å². The van der Waals surface area contributed by atoms with Crippen LogP contribution in [0.4, 0.5) is 11.6 Å². The highest BCUT2D eigenvalue weighted by atomic mass is 32.2. The monoisotopic (exact) mass is 273 g/mol. The zero-order chi connectivity index (χ0) is 13.4. The average Bonchev–Trinajstić information content (AvgIpc) is 2.42. The molecule has 0 aliphatic heterocycles. The zero-order valence-corrected chi connectivity index (χ0v) is 11.6. The van der Waals surface area contributed by atoms with Crippen LogP contribution in [0.5, 0.6) is 0 Å². The molecule has 1 aromatic heterocycles. The van der Waals surface area contributed by atoms with Gasteiger partial charge in [-0.3, -0.25) is 0 Å². The largest absolute Gasteiger partial charge is 0.382 e. The summed E-state index contributed by atoms with van der Waals surface area (Å²) in [5.41, 5.74) is 2.51. The van der Waals surface area contributed by atoms with Gasteiger partial charge in [-0.15, -0.1) is 0 Å². The highest BCUT2D eigenvalue weighted by Crippen LogP contribution is 2.16. The second-order valence-corrected chi connectivity index (χ2v) is 4.24. The smallest absolute Gasteiger partial charge is 0.191 e. The van der Waals surface area contributed by atoms with Gasteiger partial charge in [0.25, 0.3) is 0 Å². The van der Waals surface area contributed by atoms with Crippen LogP contribution in [0.1, 0.15) is 0 Å². The van der Waals surface area contributed by atoms with E-state index in [0.29, 0.717) is 29.9 Å². The summed E-state index contributed by atoms with van der Waals surface area (Å²) in [6, 6.07) is 1.74. The van der Waals surface area contributed by atoms with Gasteiger partial charge in [-0.05, 0) is 6.26 Å². The average molecular weight is 273 g/mol. The van der Waals surface area contributed by atoms with Crippen molar-refractivity contribution in [3.63, 3.8) is 0 Å². The number of hydrogen-bond acceptors (Lipinski definition) is 8. The third-order valence-electron chi connectivity index (χ3n) is 2.23. The predicted octanol–water partition coefficient (Wildman–Crippen LogP) is 0.557. The molecule has 0 saturated heterocycles. The van der Waals surface area contributed by atoms with E-state index in [4.69, 9.17) is 15.3 Å². The summed E-state index contributed by atoms with van der Waals surface area (Å²) in [4.78, 5) is 8.49. The summed E-state index contributed by atoms with van der Waals surface area (Å²) >= 11 is 1.45. The van der Waals surface area contributed by atoms with Gasteiger partial charge in [-0.2, -0.15) is 0 Å². The lowest BCUT2D eigenvalue weighted by molar-refractivity contribution is 0.0365. The number of hydrogen-bond donors (Lipinski definition) is 3. The van der Waals surface area contributed by atoms with Crippen molar-refractivity contribution in [2.75, 3.05) is 44.4 Å². The van der Waals surface area contributed by atoms with Crippen molar-refractivity contribution in [3.8, 4) is 0 Å². The molecule has 1 atom stereocenters. The SMILES string of the molecule is COCC(CNc1cc(NN)nc(SC)n1)OC. The molecule has 1 rings (SSSR count). The molecule has 0 amide bonds. The third kappa shape index (κ3) is 4.65. The fraction of sp³-hybridized carbons (Fsp3) is 0.600. The summed E-state index contributed by atoms with van der Waals surface area (Å²) in [5.74, 6) is 6.61. The number of nitrogens with two attached hydrogens (primary N) is 1. The van der Waals surface area contributed by atoms with Gasteiger partial charge in [0, 0.05) is 26.8 Å². The minimum absolute atomic E-state index is 0.0306. The second kappa shape index (κ2) is 8.09. The van der Waals surface area contributed by atoms with Crippen molar-refractivity contribution in [2.45, 2.75) is 11.3 Å². The van der Waals surface area contributed by atoms with E-state index in [1.807, 2.05) is 6.26 Å². The van der Waals surface area contributed by atoms with Crippen molar-refractivity contribution in [2.24, 2.45) is 5.84 Å². The van der Waals surface area contributed by atoms with Crippen LogP contribution < -0.4 is 16.6 Å². The molecular weight excluding hydrogens is 254 g/mol. The van der Waals surface area contributed by atoms with Gasteiger partial charge in [0.15, 0.2) is 5.16 Å². The van der Waals surface area contributed by atoms with Gasteiger partial charge >= 0.3 is 0 Å². The third-order valence-corrected chi connectivity index (χ3v) is 2.78. The van der Waals surface area contributed by atoms with Gasteiger partial charge in [0.1, 0.15) is 11.6 Å². The first-order chi connectivity index (χ1) is 8.73. The Hall–Kier alpha value is -1.09. The first-order valence-electron chi connectivity index (χ1n) is 5.38. The van der Waals surface area contributed by atoms with Crippen molar-refractivity contribution >= 4 is 23.4 Å². The molecule has 8 heteroatoms. The maximum Gasteiger partial charge on any atom is 0.191 e. The minimum atomic E-state index is -0.0306. The Bertz CT molecular complexity index is 344. The first kappa shape index (κ1) is 15.0. The zero-order valence-electron chi connectivity index (χ0n) is 10.8. The van der Waals surface area contributed by atoms with Crippen LogP contribution in [0.25, 0.3) is 0 Å². The number of anilines is 2. The maximum absolute atomic E-state index is 5.35. The van der Waals surface area contributed by atoms with E-state index in [-0.39, 0.29) is 6.10 Å². The molecule has 0 fully saturated rings. The van der Waals surface area contributed by atoms with E-state index in [9.17, 15) is 0 Å². The Labute approximate surface area is 111 Å². The molecule has 0 aromatic carbocycles. The van der Waals surface area contributed by atoms with E-state index in [0.717, 1.165) is 0 Å². The number of hydrazine groups is 1. The Morgan fingerprint density at radius 2 is 2.11 bits per heavy atom. The first-order valence-corrected chi connectivity index (χ1v) is 6.61. The van der Waals surface area contributed by atoms with Crippen LogP contribution in [-0.4, -0.2) is 49.7 Å². The number of methoxy groups -OCH3 is 2. The summed E-state index contributed by atoms with van der Waals surface area (Å²) in [7, 11) is 3.28. The summed E-state index contributed by atoms with van der Waals surface area (Å²) in [5, 5.41) is 3.81. The normalized spacial score (nSPS) is 12.2. The van der Waals surface area contributed by atoms with Gasteiger partial charge in [0.2, 0.25) is 0 Å². The molecule has 0 radical (unpaired) electrons. The number of nitrogen functional groups attached to an aromatic ring is 1. The molecule has 1 aromatic rings. The quantitative estimate of drug-likeness (QED) is 0.274. The fourth-order valence-electron chi connectivity index (χ4n) is 1.30. The van der Waals surface area contributed by atoms with Crippen molar-refractivity contribution < 1.29 is 9.47 Å². The van der Waals surface area contributed by atoms with Crippen LogP contribution >= 0.6 is 11.8 Å². The molecule has 0 bridgehead atoms. The number of ether oxygens (including phenoxy) is 2. The molecular formula is C10H19N5O2S. The number of aromatic nitrogens is 2. The Balaban J connectivity index is 2.65. The molecule has 0 aliphatic rings.